The molecule has 0 spiro atoms. The van der Waals surface area contributed by atoms with E-state index < -0.39 is 0 Å². The molecule has 0 unspecified atom stereocenters. The standard InChI is InChI=1S/C12H11FN2O2/c13-10-3-1-9(2-4-10)5-15-6-11(7-16)14-12(15)8-17/h1-4,6,8,16H,5,7H2. The summed E-state index contributed by atoms with van der Waals surface area (Å²) < 4.78 is 14.3. The number of imidazole rings is 1. The van der Waals surface area contributed by atoms with Gasteiger partial charge in [0, 0.05) is 12.7 Å². The molecule has 4 nitrogen and oxygen atoms in total. The van der Waals surface area contributed by atoms with E-state index in [1.807, 2.05) is 0 Å². The minimum atomic E-state index is -0.300. The third-order valence-corrected chi connectivity index (χ3v) is 2.39. The molecule has 88 valence electrons. The summed E-state index contributed by atoms with van der Waals surface area (Å²) in [5.41, 5.74) is 1.30. The van der Waals surface area contributed by atoms with E-state index in [4.69, 9.17) is 5.11 Å². The predicted molar refractivity (Wildman–Crippen MR) is 59.0 cm³/mol. The second kappa shape index (κ2) is 4.88. The molecule has 0 saturated heterocycles. The number of nitrogens with zero attached hydrogens (tertiary/aromatic N) is 2. The number of carbonyl (C=O) groups excluding carboxylic acids is 1. The van der Waals surface area contributed by atoms with E-state index in [0.717, 1.165) is 5.56 Å². The van der Waals surface area contributed by atoms with E-state index in [1.54, 1.807) is 22.9 Å². The van der Waals surface area contributed by atoms with Crippen LogP contribution in [0, 0.1) is 5.82 Å². The summed E-state index contributed by atoms with van der Waals surface area (Å²) in [6.07, 6.45) is 2.23. The molecule has 0 fully saturated rings. The highest BCUT2D eigenvalue weighted by molar-refractivity contribution is 5.69. The average molecular weight is 234 g/mol. The Morgan fingerprint density at radius 3 is 2.65 bits per heavy atom. The van der Waals surface area contributed by atoms with Crippen molar-refractivity contribution in [1.82, 2.24) is 9.55 Å². The Bertz CT molecular complexity index is 520. The zero-order valence-corrected chi connectivity index (χ0v) is 9.01. The van der Waals surface area contributed by atoms with Crippen LogP contribution in [0.5, 0.6) is 0 Å². The highest BCUT2D eigenvalue weighted by atomic mass is 19.1. The highest BCUT2D eigenvalue weighted by Crippen LogP contribution is 2.08. The van der Waals surface area contributed by atoms with Crippen molar-refractivity contribution in [1.29, 1.82) is 0 Å². The van der Waals surface area contributed by atoms with Gasteiger partial charge < -0.3 is 9.67 Å². The van der Waals surface area contributed by atoms with Gasteiger partial charge in [0.25, 0.3) is 0 Å². The number of aliphatic hydroxyl groups is 1. The van der Waals surface area contributed by atoms with Gasteiger partial charge in [0.1, 0.15) is 5.82 Å². The highest BCUT2D eigenvalue weighted by Gasteiger charge is 2.06. The molecule has 0 amide bonds. The number of aliphatic hydroxyl groups excluding tert-OH is 1. The average Bonchev–Trinajstić information content (AvgIpc) is 2.74. The van der Waals surface area contributed by atoms with Crippen LogP contribution in [0.3, 0.4) is 0 Å². The Balaban J connectivity index is 2.25. The summed E-state index contributed by atoms with van der Waals surface area (Å²) in [5.74, 6) is -0.0515. The Hall–Kier alpha value is -2.01. The van der Waals surface area contributed by atoms with Crippen LogP contribution in [0.4, 0.5) is 4.39 Å². The number of hydrogen-bond donors (Lipinski definition) is 1. The molecule has 2 rings (SSSR count). The third kappa shape index (κ3) is 2.57. The minimum absolute atomic E-state index is 0.211. The van der Waals surface area contributed by atoms with Gasteiger partial charge in [-0.1, -0.05) is 12.1 Å². The van der Waals surface area contributed by atoms with E-state index >= 15 is 0 Å². The first-order valence-electron chi connectivity index (χ1n) is 5.09. The maximum absolute atomic E-state index is 12.7. The van der Waals surface area contributed by atoms with Crippen molar-refractivity contribution in [2.75, 3.05) is 0 Å². The van der Waals surface area contributed by atoms with Gasteiger partial charge in [-0.15, -0.1) is 0 Å². The lowest BCUT2D eigenvalue weighted by Gasteiger charge is -2.03. The van der Waals surface area contributed by atoms with Crippen molar-refractivity contribution in [3.63, 3.8) is 0 Å². The van der Waals surface area contributed by atoms with Crippen LogP contribution < -0.4 is 0 Å². The molecule has 5 heteroatoms. The lowest BCUT2D eigenvalue weighted by Crippen LogP contribution is -2.03. The monoisotopic (exact) mass is 234 g/mol. The first-order chi connectivity index (χ1) is 8.22. The van der Waals surface area contributed by atoms with E-state index in [9.17, 15) is 9.18 Å². The predicted octanol–water partition coefficient (Wildman–Crippen LogP) is 1.38. The summed E-state index contributed by atoms with van der Waals surface area (Å²) in [4.78, 5) is 14.7. The quantitative estimate of drug-likeness (QED) is 0.813. The van der Waals surface area contributed by atoms with Crippen LogP contribution in [-0.2, 0) is 13.2 Å². The Labute approximate surface area is 97.3 Å². The number of aldehydes is 1. The van der Waals surface area contributed by atoms with E-state index in [2.05, 4.69) is 4.98 Å². The zero-order valence-electron chi connectivity index (χ0n) is 9.01. The van der Waals surface area contributed by atoms with Crippen molar-refractivity contribution in [2.24, 2.45) is 0 Å². The van der Waals surface area contributed by atoms with Crippen molar-refractivity contribution in [3.8, 4) is 0 Å². The second-order valence-corrected chi connectivity index (χ2v) is 3.62. The summed E-state index contributed by atoms with van der Waals surface area (Å²) in [7, 11) is 0. The molecule has 0 aliphatic heterocycles. The SMILES string of the molecule is O=Cc1nc(CO)cn1Cc1ccc(F)cc1. The van der Waals surface area contributed by atoms with Gasteiger partial charge in [0.2, 0.25) is 0 Å². The summed E-state index contributed by atoms with van der Waals surface area (Å²) in [6, 6.07) is 6.00. The molecule has 0 bridgehead atoms. The van der Waals surface area contributed by atoms with E-state index in [0.29, 0.717) is 18.5 Å². The number of hydrogen-bond acceptors (Lipinski definition) is 3. The van der Waals surface area contributed by atoms with Crippen molar-refractivity contribution >= 4 is 6.29 Å². The largest absolute Gasteiger partial charge is 0.390 e. The maximum Gasteiger partial charge on any atom is 0.185 e. The van der Waals surface area contributed by atoms with Gasteiger partial charge in [-0.3, -0.25) is 4.79 Å². The van der Waals surface area contributed by atoms with Gasteiger partial charge in [-0.2, -0.15) is 0 Å². The summed E-state index contributed by atoms with van der Waals surface area (Å²) in [6.45, 7) is 0.207. The van der Waals surface area contributed by atoms with Crippen LogP contribution in [0.2, 0.25) is 0 Å². The van der Waals surface area contributed by atoms with Crippen molar-refractivity contribution in [2.45, 2.75) is 13.2 Å². The molecule has 0 aliphatic rings. The van der Waals surface area contributed by atoms with Crippen molar-refractivity contribution < 1.29 is 14.3 Å². The zero-order chi connectivity index (χ0) is 12.3. The first-order valence-corrected chi connectivity index (χ1v) is 5.09. The molecular weight excluding hydrogens is 223 g/mol. The molecular formula is C12H11FN2O2. The normalized spacial score (nSPS) is 10.5. The molecule has 0 saturated carbocycles. The van der Waals surface area contributed by atoms with E-state index in [-0.39, 0.29) is 18.2 Å². The third-order valence-electron chi connectivity index (χ3n) is 2.39. The molecule has 2 aromatic rings. The Morgan fingerprint density at radius 1 is 1.35 bits per heavy atom. The lowest BCUT2D eigenvalue weighted by molar-refractivity contribution is 0.111. The van der Waals surface area contributed by atoms with Crippen LogP contribution in [0.1, 0.15) is 21.9 Å². The fraction of sp³-hybridized carbons (Fsp3) is 0.167. The van der Waals surface area contributed by atoms with Gasteiger partial charge in [0.05, 0.1) is 12.3 Å². The number of aromatic nitrogens is 2. The van der Waals surface area contributed by atoms with E-state index in [1.165, 1.54) is 12.1 Å². The van der Waals surface area contributed by atoms with Crippen LogP contribution in [-0.4, -0.2) is 20.9 Å². The topological polar surface area (TPSA) is 55.1 Å². The van der Waals surface area contributed by atoms with Gasteiger partial charge in [-0.25, -0.2) is 9.37 Å². The van der Waals surface area contributed by atoms with Gasteiger partial charge in [0.15, 0.2) is 12.1 Å². The van der Waals surface area contributed by atoms with Crippen molar-refractivity contribution in [3.05, 3.63) is 53.4 Å². The summed E-state index contributed by atoms with van der Waals surface area (Å²) >= 11 is 0. The molecule has 0 aliphatic carbocycles. The fourth-order valence-electron chi connectivity index (χ4n) is 1.57. The lowest BCUT2D eigenvalue weighted by atomic mass is 10.2. The molecule has 1 N–H and O–H groups in total. The number of carbonyl (C=O) groups is 1. The fourth-order valence-corrected chi connectivity index (χ4v) is 1.57. The molecule has 1 aromatic heterocycles. The smallest absolute Gasteiger partial charge is 0.185 e. The Kier molecular flexibility index (Phi) is 3.30. The minimum Gasteiger partial charge on any atom is -0.390 e. The number of halogens is 1. The number of benzene rings is 1. The Morgan fingerprint density at radius 2 is 2.06 bits per heavy atom. The van der Waals surface area contributed by atoms with Gasteiger partial charge in [-0.05, 0) is 17.7 Å². The second-order valence-electron chi connectivity index (χ2n) is 3.62. The van der Waals surface area contributed by atoms with Crippen LogP contribution in [0.25, 0.3) is 0 Å². The molecule has 1 heterocycles. The molecule has 17 heavy (non-hydrogen) atoms. The molecule has 0 atom stereocenters. The molecule has 0 radical (unpaired) electrons. The van der Waals surface area contributed by atoms with Gasteiger partial charge >= 0.3 is 0 Å². The maximum atomic E-state index is 12.7. The molecule has 1 aromatic carbocycles. The summed E-state index contributed by atoms with van der Waals surface area (Å²) in [5, 5.41) is 8.93. The number of rotatable bonds is 4. The first kappa shape index (κ1) is 11.5. The van der Waals surface area contributed by atoms with Crippen LogP contribution in [0.15, 0.2) is 30.5 Å². The van der Waals surface area contributed by atoms with Crippen LogP contribution >= 0.6 is 0 Å².